The van der Waals surface area contributed by atoms with Crippen molar-refractivity contribution < 1.29 is 0 Å². The lowest BCUT2D eigenvalue weighted by Gasteiger charge is -2.30. The fourth-order valence-electron chi connectivity index (χ4n) is 2.14. The second-order valence-corrected chi connectivity index (χ2v) is 3.99. The maximum absolute atomic E-state index is 8.60. The Morgan fingerprint density at radius 2 is 2.27 bits per heavy atom. The summed E-state index contributed by atoms with van der Waals surface area (Å²) in [4.78, 5) is 6.36. The molecule has 0 spiro atoms. The van der Waals surface area contributed by atoms with Crippen LogP contribution in [0.25, 0.3) is 0 Å². The van der Waals surface area contributed by atoms with E-state index in [4.69, 9.17) is 5.26 Å². The lowest BCUT2D eigenvalue weighted by molar-refractivity contribution is 0.235. The highest BCUT2D eigenvalue weighted by Gasteiger charge is 2.19. The SMILES string of the molecule is N#CCN1CCC(c2cccnc2)CC1. The molecule has 0 unspecified atom stereocenters. The van der Waals surface area contributed by atoms with E-state index in [1.54, 1.807) is 0 Å². The van der Waals surface area contributed by atoms with Crippen molar-refractivity contribution >= 4 is 0 Å². The minimum atomic E-state index is 0.569. The summed E-state index contributed by atoms with van der Waals surface area (Å²) >= 11 is 0. The van der Waals surface area contributed by atoms with E-state index < -0.39 is 0 Å². The number of nitriles is 1. The first-order chi connectivity index (χ1) is 7.40. The molecular weight excluding hydrogens is 186 g/mol. The molecule has 1 aliphatic rings. The van der Waals surface area contributed by atoms with Gasteiger partial charge < -0.3 is 0 Å². The Labute approximate surface area is 90.4 Å². The largest absolute Gasteiger partial charge is 0.291 e. The first-order valence-corrected chi connectivity index (χ1v) is 5.39. The molecular formula is C12H15N3. The molecule has 0 amide bonds. The average molecular weight is 201 g/mol. The van der Waals surface area contributed by atoms with Gasteiger partial charge in [-0.3, -0.25) is 9.88 Å². The van der Waals surface area contributed by atoms with Crippen LogP contribution in [0.5, 0.6) is 0 Å². The number of piperidine rings is 1. The van der Waals surface area contributed by atoms with Gasteiger partial charge in [-0.05, 0) is 43.5 Å². The van der Waals surface area contributed by atoms with Crippen LogP contribution in [0.3, 0.4) is 0 Å². The summed E-state index contributed by atoms with van der Waals surface area (Å²) in [5, 5.41) is 8.60. The number of hydrogen-bond acceptors (Lipinski definition) is 3. The predicted molar refractivity (Wildman–Crippen MR) is 58.3 cm³/mol. The van der Waals surface area contributed by atoms with Gasteiger partial charge in [-0.2, -0.15) is 5.26 Å². The molecule has 0 bridgehead atoms. The van der Waals surface area contributed by atoms with Crippen LogP contribution in [-0.4, -0.2) is 29.5 Å². The third-order valence-electron chi connectivity index (χ3n) is 3.04. The van der Waals surface area contributed by atoms with Crippen LogP contribution in [-0.2, 0) is 0 Å². The Balaban J connectivity index is 1.92. The first kappa shape index (κ1) is 10.1. The Kier molecular flexibility index (Phi) is 3.31. The van der Waals surface area contributed by atoms with Gasteiger partial charge in [0.15, 0.2) is 0 Å². The van der Waals surface area contributed by atoms with Crippen molar-refractivity contribution in [3.05, 3.63) is 30.1 Å². The molecule has 2 rings (SSSR count). The molecule has 1 fully saturated rings. The monoisotopic (exact) mass is 201 g/mol. The van der Waals surface area contributed by atoms with Crippen LogP contribution >= 0.6 is 0 Å². The minimum absolute atomic E-state index is 0.569. The standard InChI is InChI=1S/C12H15N3/c13-5-9-15-7-3-11(4-8-15)12-2-1-6-14-10-12/h1-2,6,10-11H,3-4,7-9H2. The van der Waals surface area contributed by atoms with Crippen molar-refractivity contribution in [3.8, 4) is 6.07 Å². The molecule has 0 atom stereocenters. The van der Waals surface area contributed by atoms with Gasteiger partial charge in [-0.1, -0.05) is 6.07 Å². The van der Waals surface area contributed by atoms with Gasteiger partial charge in [-0.15, -0.1) is 0 Å². The smallest absolute Gasteiger partial charge is 0.0865 e. The molecule has 1 aromatic rings. The molecule has 0 aromatic carbocycles. The zero-order chi connectivity index (χ0) is 10.5. The van der Waals surface area contributed by atoms with E-state index in [0.717, 1.165) is 25.9 Å². The fourth-order valence-corrected chi connectivity index (χ4v) is 2.14. The molecule has 1 aromatic heterocycles. The quantitative estimate of drug-likeness (QED) is 0.685. The van der Waals surface area contributed by atoms with Gasteiger partial charge in [0.05, 0.1) is 12.6 Å². The van der Waals surface area contributed by atoms with E-state index >= 15 is 0 Å². The Morgan fingerprint density at radius 3 is 2.87 bits per heavy atom. The Bertz CT molecular complexity index is 334. The molecule has 1 aliphatic heterocycles. The van der Waals surface area contributed by atoms with Crippen LogP contribution < -0.4 is 0 Å². The van der Waals surface area contributed by atoms with E-state index in [2.05, 4.69) is 22.0 Å². The summed E-state index contributed by atoms with van der Waals surface area (Å²) in [6.45, 7) is 2.64. The van der Waals surface area contributed by atoms with E-state index in [9.17, 15) is 0 Å². The summed E-state index contributed by atoms with van der Waals surface area (Å²) in [5.74, 6) is 0.633. The predicted octanol–water partition coefficient (Wildman–Crippen LogP) is 1.78. The van der Waals surface area contributed by atoms with Crippen LogP contribution in [0.15, 0.2) is 24.5 Å². The first-order valence-electron chi connectivity index (χ1n) is 5.39. The normalized spacial score (nSPS) is 18.6. The maximum Gasteiger partial charge on any atom is 0.0865 e. The Hall–Kier alpha value is -1.40. The summed E-state index contributed by atoms with van der Waals surface area (Å²) in [6.07, 6.45) is 6.07. The van der Waals surface area contributed by atoms with Gasteiger partial charge in [0.2, 0.25) is 0 Å². The zero-order valence-corrected chi connectivity index (χ0v) is 8.76. The molecule has 1 saturated heterocycles. The van der Waals surface area contributed by atoms with Gasteiger partial charge >= 0.3 is 0 Å². The Morgan fingerprint density at radius 1 is 1.47 bits per heavy atom. The highest BCUT2D eigenvalue weighted by molar-refractivity contribution is 5.15. The van der Waals surface area contributed by atoms with Crippen molar-refractivity contribution in [3.63, 3.8) is 0 Å². The molecule has 0 radical (unpaired) electrons. The van der Waals surface area contributed by atoms with Crippen molar-refractivity contribution in [2.75, 3.05) is 19.6 Å². The molecule has 78 valence electrons. The van der Waals surface area contributed by atoms with Crippen LogP contribution in [0.2, 0.25) is 0 Å². The zero-order valence-electron chi connectivity index (χ0n) is 8.76. The highest BCUT2D eigenvalue weighted by Crippen LogP contribution is 2.26. The number of nitrogens with zero attached hydrogens (tertiary/aromatic N) is 3. The summed E-state index contributed by atoms with van der Waals surface area (Å²) in [6, 6.07) is 6.35. The number of rotatable bonds is 2. The lowest BCUT2D eigenvalue weighted by atomic mass is 9.90. The molecule has 2 heterocycles. The summed E-state index contributed by atoms with van der Waals surface area (Å²) in [5.41, 5.74) is 1.34. The maximum atomic E-state index is 8.60. The second kappa shape index (κ2) is 4.90. The summed E-state index contributed by atoms with van der Waals surface area (Å²) < 4.78 is 0. The fraction of sp³-hybridized carbons (Fsp3) is 0.500. The second-order valence-electron chi connectivity index (χ2n) is 3.99. The van der Waals surface area contributed by atoms with Gasteiger partial charge in [0.1, 0.15) is 0 Å². The topological polar surface area (TPSA) is 39.9 Å². The van der Waals surface area contributed by atoms with E-state index in [0.29, 0.717) is 12.5 Å². The number of pyridine rings is 1. The number of likely N-dealkylation sites (tertiary alicyclic amines) is 1. The van der Waals surface area contributed by atoms with Crippen LogP contribution in [0.1, 0.15) is 24.3 Å². The summed E-state index contributed by atoms with van der Waals surface area (Å²) in [7, 11) is 0. The van der Waals surface area contributed by atoms with Crippen molar-refractivity contribution in [1.82, 2.24) is 9.88 Å². The van der Waals surface area contributed by atoms with Crippen LogP contribution in [0.4, 0.5) is 0 Å². The van der Waals surface area contributed by atoms with Crippen molar-refractivity contribution in [2.24, 2.45) is 0 Å². The number of hydrogen-bond donors (Lipinski definition) is 0. The minimum Gasteiger partial charge on any atom is -0.291 e. The lowest BCUT2D eigenvalue weighted by Crippen LogP contribution is -2.33. The molecule has 3 nitrogen and oxygen atoms in total. The highest BCUT2D eigenvalue weighted by atomic mass is 15.1. The van der Waals surface area contributed by atoms with Crippen molar-refractivity contribution in [2.45, 2.75) is 18.8 Å². The van der Waals surface area contributed by atoms with Crippen LogP contribution in [0, 0.1) is 11.3 Å². The molecule has 0 aliphatic carbocycles. The van der Waals surface area contributed by atoms with Gasteiger partial charge in [0.25, 0.3) is 0 Å². The van der Waals surface area contributed by atoms with E-state index in [1.807, 2.05) is 18.5 Å². The van der Waals surface area contributed by atoms with Gasteiger partial charge in [0, 0.05) is 12.4 Å². The van der Waals surface area contributed by atoms with Gasteiger partial charge in [-0.25, -0.2) is 0 Å². The third-order valence-corrected chi connectivity index (χ3v) is 3.04. The third kappa shape index (κ3) is 2.54. The number of aromatic nitrogens is 1. The van der Waals surface area contributed by atoms with E-state index in [1.165, 1.54) is 5.56 Å². The van der Waals surface area contributed by atoms with Crippen molar-refractivity contribution in [1.29, 1.82) is 5.26 Å². The average Bonchev–Trinajstić information content (AvgIpc) is 2.32. The molecule has 15 heavy (non-hydrogen) atoms. The molecule has 0 saturated carbocycles. The van der Waals surface area contributed by atoms with E-state index in [-0.39, 0.29) is 0 Å². The molecule has 3 heteroatoms. The molecule has 0 N–H and O–H groups in total.